The van der Waals surface area contributed by atoms with Crippen LogP contribution in [0.5, 0.6) is 0 Å². The molecule has 0 aliphatic carbocycles. The molecule has 0 saturated heterocycles. The van der Waals surface area contributed by atoms with Crippen LogP contribution in [0, 0.1) is 0 Å². The van der Waals surface area contributed by atoms with Gasteiger partial charge in [0, 0.05) is 6.42 Å². The number of aromatic nitrogens is 6. The van der Waals surface area contributed by atoms with Crippen LogP contribution in [0.1, 0.15) is 32.0 Å². The lowest BCUT2D eigenvalue weighted by Gasteiger charge is -2.03. The summed E-state index contributed by atoms with van der Waals surface area (Å²) in [6.07, 6.45) is 6.37. The van der Waals surface area contributed by atoms with E-state index in [1.807, 2.05) is 0 Å². The molecule has 2 aromatic heterocycles. The Balaban J connectivity index is 2.19. The lowest BCUT2D eigenvalue weighted by Crippen LogP contribution is -2.23. The Morgan fingerprint density at radius 2 is 2.28 bits per heavy atom. The summed E-state index contributed by atoms with van der Waals surface area (Å²) < 4.78 is 2.26. The molecule has 0 spiro atoms. The van der Waals surface area contributed by atoms with Crippen molar-refractivity contribution in [2.24, 2.45) is 0 Å². The van der Waals surface area contributed by atoms with Crippen molar-refractivity contribution in [1.29, 1.82) is 0 Å². The number of hydrogen-bond acceptors (Lipinski definition) is 5. The molecule has 0 amide bonds. The zero-order chi connectivity index (χ0) is 13.0. The van der Waals surface area contributed by atoms with Crippen molar-refractivity contribution in [1.82, 2.24) is 29.5 Å². The number of carbonyl (C=O) groups excluding carboxylic acids is 1. The van der Waals surface area contributed by atoms with Gasteiger partial charge in [0.1, 0.15) is 18.5 Å². The van der Waals surface area contributed by atoms with Crippen LogP contribution in [0.3, 0.4) is 0 Å². The molecule has 0 fully saturated rings. The Bertz CT molecular complexity index is 520. The first-order valence-electron chi connectivity index (χ1n) is 5.73. The average Bonchev–Trinajstić information content (AvgIpc) is 2.98. The Morgan fingerprint density at radius 3 is 2.94 bits per heavy atom. The number of nitrogens with zero attached hydrogens (tertiary/aromatic N) is 6. The molecule has 0 radical (unpaired) electrons. The van der Waals surface area contributed by atoms with Crippen LogP contribution in [0.2, 0.25) is 5.28 Å². The van der Waals surface area contributed by atoms with E-state index in [9.17, 15) is 4.79 Å². The topological polar surface area (TPSA) is 78.5 Å². The zero-order valence-corrected chi connectivity index (χ0v) is 10.7. The van der Waals surface area contributed by atoms with Gasteiger partial charge in [-0.2, -0.15) is 14.5 Å². The maximum Gasteiger partial charge on any atom is 0.372 e. The maximum atomic E-state index is 12.0. The number of aryl methyl sites for hydroxylation is 1. The van der Waals surface area contributed by atoms with Crippen LogP contribution >= 0.6 is 11.6 Å². The first-order chi connectivity index (χ1) is 8.72. The Morgan fingerprint density at radius 1 is 1.44 bits per heavy atom. The smallest absolute Gasteiger partial charge is 0.243 e. The molecule has 2 aromatic rings. The third-order valence-corrected chi connectivity index (χ3v) is 2.61. The standard InChI is InChI=1S/C10H13ClN6O/c1-2-3-4-5-8-14-9(11)15-17(8)10(18)16-7-12-6-13-16/h6-7H,2-5H2,1H3. The van der Waals surface area contributed by atoms with Crippen LogP contribution in [-0.4, -0.2) is 35.6 Å². The van der Waals surface area contributed by atoms with E-state index in [0.29, 0.717) is 12.2 Å². The predicted molar refractivity (Wildman–Crippen MR) is 64.5 cm³/mol. The normalized spacial score (nSPS) is 10.8. The summed E-state index contributed by atoms with van der Waals surface area (Å²) >= 11 is 5.74. The van der Waals surface area contributed by atoms with Crippen LogP contribution in [0.25, 0.3) is 0 Å². The number of rotatable bonds is 4. The third-order valence-electron chi connectivity index (χ3n) is 2.45. The number of hydrogen-bond donors (Lipinski definition) is 0. The van der Waals surface area contributed by atoms with Crippen molar-refractivity contribution in [3.05, 3.63) is 23.8 Å². The highest BCUT2D eigenvalue weighted by Gasteiger charge is 2.16. The van der Waals surface area contributed by atoms with E-state index < -0.39 is 6.03 Å². The van der Waals surface area contributed by atoms with Crippen LogP contribution < -0.4 is 0 Å². The molecule has 0 aliphatic heterocycles. The van der Waals surface area contributed by atoms with Crippen molar-refractivity contribution < 1.29 is 4.79 Å². The molecular formula is C10H13ClN6O. The third kappa shape index (κ3) is 2.73. The summed E-state index contributed by atoms with van der Waals surface area (Å²) in [5, 5.41) is 7.71. The molecule has 2 rings (SSSR count). The van der Waals surface area contributed by atoms with E-state index in [1.165, 1.54) is 17.3 Å². The summed E-state index contributed by atoms with van der Waals surface area (Å²) in [5.74, 6) is 0.550. The molecule has 0 bridgehead atoms. The van der Waals surface area contributed by atoms with E-state index in [4.69, 9.17) is 11.6 Å². The van der Waals surface area contributed by atoms with Gasteiger partial charge in [-0.3, -0.25) is 0 Å². The van der Waals surface area contributed by atoms with Gasteiger partial charge in [-0.15, -0.1) is 5.10 Å². The van der Waals surface area contributed by atoms with Gasteiger partial charge in [-0.05, 0) is 18.0 Å². The van der Waals surface area contributed by atoms with Crippen molar-refractivity contribution >= 4 is 17.6 Å². The molecule has 0 atom stereocenters. The monoisotopic (exact) mass is 268 g/mol. The second-order valence-electron chi connectivity index (χ2n) is 3.79. The van der Waals surface area contributed by atoms with Crippen molar-refractivity contribution in [2.75, 3.05) is 0 Å². The molecule has 0 aliphatic rings. The SMILES string of the molecule is CCCCCc1nc(Cl)nn1C(=O)n1cncn1. The fourth-order valence-electron chi connectivity index (χ4n) is 1.57. The fraction of sp³-hybridized carbons (Fsp3) is 0.500. The fourth-order valence-corrected chi connectivity index (χ4v) is 1.74. The minimum atomic E-state index is -0.432. The van der Waals surface area contributed by atoms with Gasteiger partial charge >= 0.3 is 6.03 Å². The van der Waals surface area contributed by atoms with E-state index in [2.05, 4.69) is 27.1 Å². The molecule has 18 heavy (non-hydrogen) atoms. The molecule has 2 heterocycles. The van der Waals surface area contributed by atoms with Crippen molar-refractivity contribution in [3.63, 3.8) is 0 Å². The minimum Gasteiger partial charge on any atom is -0.243 e. The summed E-state index contributed by atoms with van der Waals surface area (Å²) in [6, 6.07) is -0.432. The summed E-state index contributed by atoms with van der Waals surface area (Å²) in [6.45, 7) is 2.11. The highest BCUT2D eigenvalue weighted by molar-refractivity contribution is 6.28. The lowest BCUT2D eigenvalue weighted by molar-refractivity contribution is 0.237. The Kier molecular flexibility index (Phi) is 4.03. The maximum absolute atomic E-state index is 12.0. The lowest BCUT2D eigenvalue weighted by atomic mass is 10.2. The molecule has 0 saturated carbocycles. The second kappa shape index (κ2) is 5.72. The van der Waals surface area contributed by atoms with E-state index in [-0.39, 0.29) is 5.28 Å². The van der Waals surface area contributed by atoms with Crippen molar-refractivity contribution in [2.45, 2.75) is 32.6 Å². The highest BCUT2D eigenvalue weighted by Crippen LogP contribution is 2.09. The predicted octanol–water partition coefficient (Wildman–Crippen LogP) is 1.77. The highest BCUT2D eigenvalue weighted by atomic mass is 35.5. The number of unbranched alkanes of at least 4 members (excludes halogenated alkanes) is 2. The second-order valence-corrected chi connectivity index (χ2v) is 4.13. The molecule has 8 heteroatoms. The van der Waals surface area contributed by atoms with E-state index in [1.54, 1.807) is 0 Å². The summed E-state index contributed by atoms with van der Waals surface area (Å²) in [7, 11) is 0. The molecule has 0 aromatic carbocycles. The largest absolute Gasteiger partial charge is 0.372 e. The van der Waals surface area contributed by atoms with Gasteiger partial charge < -0.3 is 0 Å². The van der Waals surface area contributed by atoms with Gasteiger partial charge in [0.15, 0.2) is 0 Å². The first kappa shape index (κ1) is 12.7. The molecular weight excluding hydrogens is 256 g/mol. The van der Waals surface area contributed by atoms with Crippen LogP contribution in [0.15, 0.2) is 12.7 Å². The van der Waals surface area contributed by atoms with E-state index >= 15 is 0 Å². The quantitative estimate of drug-likeness (QED) is 0.790. The molecule has 7 nitrogen and oxygen atoms in total. The Hall–Kier alpha value is -1.76. The van der Waals surface area contributed by atoms with Crippen LogP contribution in [0.4, 0.5) is 4.79 Å². The van der Waals surface area contributed by atoms with Gasteiger partial charge in [0.05, 0.1) is 0 Å². The molecule has 0 N–H and O–H groups in total. The van der Waals surface area contributed by atoms with Crippen molar-refractivity contribution in [3.8, 4) is 0 Å². The van der Waals surface area contributed by atoms with Crippen LogP contribution in [-0.2, 0) is 6.42 Å². The molecule has 96 valence electrons. The minimum absolute atomic E-state index is 0.0648. The number of carbonyl (C=O) groups is 1. The average molecular weight is 269 g/mol. The zero-order valence-electron chi connectivity index (χ0n) is 9.95. The first-order valence-corrected chi connectivity index (χ1v) is 6.11. The van der Waals surface area contributed by atoms with E-state index in [0.717, 1.165) is 23.9 Å². The molecule has 0 unspecified atom stereocenters. The summed E-state index contributed by atoms with van der Waals surface area (Å²) in [5.41, 5.74) is 0. The van der Waals surface area contributed by atoms with Gasteiger partial charge in [0.2, 0.25) is 5.28 Å². The van der Waals surface area contributed by atoms with Gasteiger partial charge in [-0.1, -0.05) is 19.8 Å². The number of halogens is 1. The summed E-state index contributed by atoms with van der Waals surface area (Å²) in [4.78, 5) is 19.8. The van der Waals surface area contributed by atoms with Gasteiger partial charge in [-0.25, -0.2) is 14.8 Å². The Labute approximate surface area is 109 Å². The van der Waals surface area contributed by atoms with Gasteiger partial charge in [0.25, 0.3) is 0 Å².